The molecule has 2 aromatic rings. The first-order valence-electron chi connectivity index (χ1n) is 5.61. The zero-order valence-electron chi connectivity index (χ0n) is 9.30. The van der Waals surface area contributed by atoms with E-state index in [0.29, 0.717) is 0 Å². The molecular weight excluding hydrogens is 256 g/mol. The van der Waals surface area contributed by atoms with Crippen molar-refractivity contribution < 1.29 is 5.11 Å². The van der Waals surface area contributed by atoms with E-state index in [1.165, 1.54) is 0 Å². The summed E-state index contributed by atoms with van der Waals surface area (Å²) in [5.41, 5.74) is 0.986. The first kappa shape index (κ1) is 12.8. The zero-order chi connectivity index (χ0) is 11.0. The van der Waals surface area contributed by atoms with Gasteiger partial charge in [-0.05, 0) is 31.5 Å². The van der Waals surface area contributed by atoms with E-state index in [1.807, 2.05) is 24.3 Å². The van der Waals surface area contributed by atoms with E-state index in [4.69, 9.17) is 0 Å². The van der Waals surface area contributed by atoms with Gasteiger partial charge in [-0.15, -0.1) is 23.7 Å². The fraction of sp³-hybridized carbons (Fsp3) is 0.417. The number of thiazole rings is 1. The van der Waals surface area contributed by atoms with Crippen LogP contribution in [0.1, 0.15) is 24.0 Å². The predicted octanol–water partition coefficient (Wildman–Crippen LogP) is 2.50. The number of hydrogen-bond donors (Lipinski definition) is 2. The molecule has 0 bridgehead atoms. The van der Waals surface area contributed by atoms with Crippen LogP contribution in [0.5, 0.6) is 0 Å². The van der Waals surface area contributed by atoms with E-state index in [9.17, 15) is 5.11 Å². The van der Waals surface area contributed by atoms with Crippen LogP contribution in [0.4, 0.5) is 0 Å². The summed E-state index contributed by atoms with van der Waals surface area (Å²) in [7, 11) is 0. The summed E-state index contributed by atoms with van der Waals surface area (Å²) in [6.07, 6.45) is 1.73. The van der Waals surface area contributed by atoms with E-state index >= 15 is 0 Å². The maximum Gasteiger partial charge on any atom is 0.124 e. The Labute approximate surface area is 110 Å². The molecule has 1 unspecified atom stereocenters. The number of aliphatic hydroxyl groups is 1. The molecule has 1 aromatic carbocycles. The lowest BCUT2D eigenvalue weighted by molar-refractivity contribution is 0.137. The van der Waals surface area contributed by atoms with Gasteiger partial charge >= 0.3 is 0 Å². The van der Waals surface area contributed by atoms with Crippen molar-refractivity contribution in [3.63, 3.8) is 0 Å². The van der Waals surface area contributed by atoms with Crippen molar-refractivity contribution in [3.05, 3.63) is 29.3 Å². The molecule has 1 aromatic heterocycles. The van der Waals surface area contributed by atoms with Crippen LogP contribution >= 0.6 is 23.7 Å². The molecule has 1 saturated heterocycles. The third-order valence-corrected chi connectivity index (χ3v) is 4.15. The molecule has 92 valence electrons. The average molecular weight is 271 g/mol. The number of aliphatic hydroxyl groups excluding tert-OH is 1. The fourth-order valence-electron chi connectivity index (χ4n) is 2.17. The lowest BCUT2D eigenvalue weighted by Gasteiger charge is -2.15. The number of fused-ring (bicyclic) bond motifs is 1. The first-order chi connectivity index (χ1) is 7.84. The van der Waals surface area contributed by atoms with Crippen LogP contribution in [0, 0.1) is 0 Å². The molecule has 2 N–H and O–H groups in total. The van der Waals surface area contributed by atoms with Gasteiger partial charge in [0.25, 0.3) is 0 Å². The van der Waals surface area contributed by atoms with Crippen LogP contribution in [-0.4, -0.2) is 22.7 Å². The smallest absolute Gasteiger partial charge is 0.124 e. The fourth-order valence-corrected chi connectivity index (χ4v) is 3.19. The molecule has 0 spiro atoms. The maximum atomic E-state index is 10.2. The minimum Gasteiger partial charge on any atom is -0.384 e. The van der Waals surface area contributed by atoms with Gasteiger partial charge in [0.15, 0.2) is 0 Å². The molecule has 0 radical (unpaired) electrons. The normalized spacial score (nSPS) is 21.4. The Morgan fingerprint density at radius 1 is 1.41 bits per heavy atom. The quantitative estimate of drug-likeness (QED) is 0.881. The zero-order valence-corrected chi connectivity index (χ0v) is 10.9. The molecule has 2 atom stereocenters. The van der Waals surface area contributed by atoms with Crippen molar-refractivity contribution in [2.75, 3.05) is 6.54 Å². The van der Waals surface area contributed by atoms with Crippen LogP contribution in [0.2, 0.25) is 0 Å². The van der Waals surface area contributed by atoms with Gasteiger partial charge < -0.3 is 10.4 Å². The highest BCUT2D eigenvalue weighted by molar-refractivity contribution is 7.18. The van der Waals surface area contributed by atoms with Crippen LogP contribution < -0.4 is 5.32 Å². The SMILES string of the molecule is Cl.OC(c1nc2ccccc2s1)[C@@H]1CCCN1. The monoisotopic (exact) mass is 270 g/mol. The Morgan fingerprint density at radius 3 is 2.94 bits per heavy atom. The number of nitrogens with zero attached hydrogens (tertiary/aromatic N) is 1. The first-order valence-corrected chi connectivity index (χ1v) is 6.43. The van der Waals surface area contributed by atoms with Gasteiger partial charge in [0, 0.05) is 6.04 Å². The number of halogens is 1. The summed E-state index contributed by atoms with van der Waals surface area (Å²) < 4.78 is 1.15. The minimum atomic E-state index is -0.458. The molecule has 5 heteroatoms. The molecule has 3 rings (SSSR count). The van der Waals surface area contributed by atoms with E-state index < -0.39 is 6.10 Å². The van der Waals surface area contributed by atoms with Crippen molar-refractivity contribution >= 4 is 34.0 Å². The van der Waals surface area contributed by atoms with Gasteiger partial charge in [0.2, 0.25) is 0 Å². The second-order valence-electron chi connectivity index (χ2n) is 4.17. The Kier molecular flexibility index (Phi) is 3.99. The number of rotatable bonds is 2. The summed E-state index contributed by atoms with van der Waals surface area (Å²) in [4.78, 5) is 4.49. The van der Waals surface area contributed by atoms with Crippen LogP contribution in [0.15, 0.2) is 24.3 Å². The van der Waals surface area contributed by atoms with Gasteiger partial charge in [-0.2, -0.15) is 0 Å². The number of aromatic nitrogens is 1. The van der Waals surface area contributed by atoms with E-state index in [2.05, 4.69) is 10.3 Å². The summed E-state index contributed by atoms with van der Waals surface area (Å²) in [6.45, 7) is 1.01. The summed E-state index contributed by atoms with van der Waals surface area (Å²) in [5.74, 6) is 0. The highest BCUT2D eigenvalue weighted by Gasteiger charge is 2.26. The van der Waals surface area contributed by atoms with Crippen LogP contribution in [0.3, 0.4) is 0 Å². The highest BCUT2D eigenvalue weighted by Crippen LogP contribution is 2.30. The maximum absolute atomic E-state index is 10.2. The third-order valence-electron chi connectivity index (χ3n) is 3.04. The number of nitrogens with one attached hydrogen (secondary N) is 1. The summed E-state index contributed by atoms with van der Waals surface area (Å²) >= 11 is 1.59. The van der Waals surface area contributed by atoms with Gasteiger partial charge in [0.05, 0.1) is 10.2 Å². The second-order valence-corrected chi connectivity index (χ2v) is 5.23. The van der Waals surface area contributed by atoms with Crippen molar-refractivity contribution in [1.29, 1.82) is 0 Å². The van der Waals surface area contributed by atoms with E-state index in [-0.39, 0.29) is 18.4 Å². The minimum absolute atomic E-state index is 0. The number of hydrogen-bond acceptors (Lipinski definition) is 4. The highest BCUT2D eigenvalue weighted by atomic mass is 35.5. The van der Waals surface area contributed by atoms with Crippen LogP contribution in [-0.2, 0) is 0 Å². The predicted molar refractivity (Wildman–Crippen MR) is 72.9 cm³/mol. The molecule has 17 heavy (non-hydrogen) atoms. The van der Waals surface area contributed by atoms with E-state index in [0.717, 1.165) is 34.6 Å². The standard InChI is InChI=1S/C12H14N2OS.ClH/c15-11(9-5-3-7-13-9)12-14-8-4-1-2-6-10(8)16-12;/h1-2,4,6,9,11,13,15H,3,5,7H2;1H/t9-,11?;/m0./s1. The van der Waals surface area contributed by atoms with Gasteiger partial charge in [-0.1, -0.05) is 12.1 Å². The van der Waals surface area contributed by atoms with Gasteiger partial charge in [0.1, 0.15) is 11.1 Å². The number of para-hydroxylation sites is 1. The molecule has 1 fully saturated rings. The van der Waals surface area contributed by atoms with Crippen molar-refractivity contribution in [3.8, 4) is 0 Å². The summed E-state index contributed by atoms with van der Waals surface area (Å²) in [6, 6.07) is 8.20. The Hall–Kier alpha value is -0.680. The van der Waals surface area contributed by atoms with E-state index in [1.54, 1.807) is 11.3 Å². The Morgan fingerprint density at radius 2 is 2.24 bits per heavy atom. The lowest BCUT2D eigenvalue weighted by atomic mass is 10.1. The average Bonchev–Trinajstić information content (AvgIpc) is 2.97. The molecule has 0 aliphatic carbocycles. The Balaban J connectivity index is 0.00000108. The van der Waals surface area contributed by atoms with Crippen molar-refractivity contribution in [2.45, 2.75) is 25.0 Å². The molecular formula is C12H15ClN2OS. The third kappa shape index (κ3) is 2.45. The van der Waals surface area contributed by atoms with Crippen LogP contribution in [0.25, 0.3) is 10.2 Å². The van der Waals surface area contributed by atoms with Gasteiger partial charge in [-0.3, -0.25) is 0 Å². The topological polar surface area (TPSA) is 45.2 Å². The largest absolute Gasteiger partial charge is 0.384 e. The van der Waals surface area contributed by atoms with Gasteiger partial charge in [-0.25, -0.2) is 4.98 Å². The Bertz CT molecular complexity index is 463. The van der Waals surface area contributed by atoms with Crippen molar-refractivity contribution in [1.82, 2.24) is 10.3 Å². The lowest BCUT2D eigenvalue weighted by Crippen LogP contribution is -2.28. The molecule has 3 nitrogen and oxygen atoms in total. The van der Waals surface area contributed by atoms with Crippen molar-refractivity contribution in [2.24, 2.45) is 0 Å². The molecule has 0 amide bonds. The molecule has 1 aliphatic heterocycles. The second kappa shape index (κ2) is 5.31. The summed E-state index contributed by atoms with van der Waals surface area (Å²) in [5, 5.41) is 14.4. The number of benzene rings is 1. The molecule has 1 aliphatic rings. The molecule has 0 saturated carbocycles. The molecule has 2 heterocycles.